The summed E-state index contributed by atoms with van der Waals surface area (Å²) in [4.78, 5) is 30.3. The number of rotatable bonds is 7. The number of nitrogens with zero attached hydrogens (tertiary/aromatic N) is 2. The number of methoxy groups -OCH3 is 2. The largest absolute Gasteiger partial charge is 0.497 e. The third kappa shape index (κ3) is 4.36. The zero-order valence-electron chi connectivity index (χ0n) is 17.7. The molecule has 2 amide bonds. The Balaban J connectivity index is 1.38. The molecule has 0 unspecified atom stereocenters. The number of likely N-dealkylation sites (tertiary alicyclic amines) is 1. The predicted octanol–water partition coefficient (Wildman–Crippen LogP) is 3.35. The summed E-state index contributed by atoms with van der Waals surface area (Å²) in [5.41, 5.74) is 0.563. The van der Waals surface area contributed by atoms with Crippen LogP contribution in [0.5, 0.6) is 11.5 Å². The molecule has 3 aliphatic rings. The molecule has 2 saturated carbocycles. The van der Waals surface area contributed by atoms with Crippen molar-refractivity contribution < 1.29 is 19.1 Å². The van der Waals surface area contributed by atoms with Crippen LogP contribution < -0.4 is 9.47 Å². The summed E-state index contributed by atoms with van der Waals surface area (Å²) in [5, 5.41) is 0. The highest BCUT2D eigenvalue weighted by atomic mass is 16.5. The van der Waals surface area contributed by atoms with Crippen LogP contribution in [0, 0.1) is 11.8 Å². The topological polar surface area (TPSA) is 59.1 Å². The molecule has 1 heterocycles. The zero-order valence-corrected chi connectivity index (χ0v) is 17.7. The molecule has 0 aromatic heterocycles. The average molecular weight is 401 g/mol. The first-order chi connectivity index (χ1) is 14.0. The molecule has 29 heavy (non-hydrogen) atoms. The molecule has 1 saturated heterocycles. The Morgan fingerprint density at radius 3 is 2.03 bits per heavy atom. The van der Waals surface area contributed by atoms with E-state index in [1.165, 1.54) is 12.8 Å². The Morgan fingerprint density at radius 2 is 1.55 bits per heavy atom. The number of hydrogen-bond acceptors (Lipinski definition) is 4. The fourth-order valence-corrected chi connectivity index (χ4v) is 4.53. The van der Waals surface area contributed by atoms with Crippen LogP contribution in [0.4, 0.5) is 0 Å². The lowest BCUT2D eigenvalue weighted by molar-refractivity contribution is -0.140. The molecule has 6 heteroatoms. The van der Waals surface area contributed by atoms with Crippen molar-refractivity contribution in [3.8, 4) is 11.5 Å². The smallest absolute Gasteiger partial charge is 0.254 e. The summed E-state index contributed by atoms with van der Waals surface area (Å²) in [6.07, 6.45) is 6.30. The van der Waals surface area contributed by atoms with Crippen molar-refractivity contribution in [2.75, 3.05) is 27.3 Å². The molecule has 0 N–H and O–H groups in total. The van der Waals surface area contributed by atoms with Crippen molar-refractivity contribution in [3.05, 3.63) is 23.8 Å². The molecule has 158 valence electrons. The van der Waals surface area contributed by atoms with Crippen molar-refractivity contribution in [1.29, 1.82) is 0 Å². The summed E-state index contributed by atoms with van der Waals surface area (Å²) in [5.74, 6) is 2.24. The monoisotopic (exact) mass is 400 g/mol. The molecule has 1 atom stereocenters. The van der Waals surface area contributed by atoms with Crippen molar-refractivity contribution in [1.82, 2.24) is 9.80 Å². The first-order valence-corrected chi connectivity index (χ1v) is 10.9. The fraction of sp³-hybridized carbons (Fsp3) is 0.652. The van der Waals surface area contributed by atoms with Crippen LogP contribution in [0.25, 0.3) is 0 Å². The molecule has 0 spiro atoms. The SMILES string of the molecule is COc1cc(OC)cc(C(=O)N2CCC(C(=O)N(C3CC3)[C@H](C)C3CC3)CC2)c1. The van der Waals surface area contributed by atoms with E-state index in [-0.39, 0.29) is 11.8 Å². The maximum Gasteiger partial charge on any atom is 0.254 e. The first kappa shape index (κ1) is 20.0. The lowest BCUT2D eigenvalue weighted by atomic mass is 9.93. The van der Waals surface area contributed by atoms with Crippen LogP contribution in [0.3, 0.4) is 0 Å². The van der Waals surface area contributed by atoms with E-state index in [0.29, 0.717) is 54.1 Å². The van der Waals surface area contributed by atoms with Gasteiger partial charge in [0.1, 0.15) is 11.5 Å². The molecule has 4 rings (SSSR count). The molecule has 3 fully saturated rings. The van der Waals surface area contributed by atoms with Crippen molar-refractivity contribution in [2.24, 2.45) is 11.8 Å². The average Bonchev–Trinajstić information content (AvgIpc) is 3.65. The van der Waals surface area contributed by atoms with E-state index >= 15 is 0 Å². The van der Waals surface area contributed by atoms with Gasteiger partial charge >= 0.3 is 0 Å². The quantitative estimate of drug-likeness (QED) is 0.704. The van der Waals surface area contributed by atoms with Gasteiger partial charge in [0.25, 0.3) is 5.91 Å². The number of ether oxygens (including phenoxy) is 2. The molecule has 1 aliphatic heterocycles. The van der Waals surface area contributed by atoms with Crippen molar-refractivity contribution in [3.63, 3.8) is 0 Å². The minimum atomic E-state index is -0.0292. The van der Waals surface area contributed by atoms with Gasteiger partial charge in [0.05, 0.1) is 14.2 Å². The molecule has 2 aliphatic carbocycles. The second-order valence-electron chi connectivity index (χ2n) is 8.72. The van der Waals surface area contributed by atoms with Gasteiger partial charge in [-0.2, -0.15) is 0 Å². The molecule has 1 aromatic carbocycles. The first-order valence-electron chi connectivity index (χ1n) is 10.9. The highest BCUT2D eigenvalue weighted by molar-refractivity contribution is 5.95. The number of carbonyl (C=O) groups excluding carboxylic acids is 2. The molecule has 0 radical (unpaired) electrons. The summed E-state index contributed by atoms with van der Waals surface area (Å²) in [7, 11) is 3.16. The molecular formula is C23H32N2O4. The van der Waals surface area contributed by atoms with Crippen molar-refractivity contribution in [2.45, 2.75) is 57.5 Å². The highest BCUT2D eigenvalue weighted by Gasteiger charge is 2.44. The van der Waals surface area contributed by atoms with E-state index in [0.717, 1.165) is 25.7 Å². The third-order valence-electron chi connectivity index (χ3n) is 6.67. The van der Waals surface area contributed by atoms with Crippen LogP contribution in [0.1, 0.15) is 55.8 Å². The molecule has 6 nitrogen and oxygen atoms in total. The molecule has 1 aromatic rings. The van der Waals surface area contributed by atoms with Gasteiger partial charge in [-0.3, -0.25) is 9.59 Å². The van der Waals surface area contributed by atoms with Crippen LogP contribution in [-0.2, 0) is 4.79 Å². The number of hydrogen-bond donors (Lipinski definition) is 0. The summed E-state index contributed by atoms with van der Waals surface area (Å²) in [6, 6.07) is 6.08. The number of carbonyl (C=O) groups is 2. The van der Waals surface area contributed by atoms with E-state index in [1.807, 2.05) is 4.90 Å². The van der Waals surface area contributed by atoms with E-state index in [2.05, 4.69) is 11.8 Å². The summed E-state index contributed by atoms with van der Waals surface area (Å²) < 4.78 is 10.6. The second-order valence-corrected chi connectivity index (χ2v) is 8.72. The lowest BCUT2D eigenvalue weighted by Crippen LogP contribution is -2.48. The Bertz CT molecular complexity index is 742. The van der Waals surface area contributed by atoms with Crippen LogP contribution in [0.2, 0.25) is 0 Å². The minimum absolute atomic E-state index is 0.0292. The van der Waals surface area contributed by atoms with Gasteiger partial charge in [0.2, 0.25) is 5.91 Å². The van der Waals surface area contributed by atoms with Gasteiger partial charge in [-0.15, -0.1) is 0 Å². The van der Waals surface area contributed by atoms with Gasteiger partial charge in [0, 0.05) is 42.7 Å². The van der Waals surface area contributed by atoms with E-state index in [4.69, 9.17) is 9.47 Å². The van der Waals surface area contributed by atoms with Gasteiger partial charge in [-0.25, -0.2) is 0 Å². The van der Waals surface area contributed by atoms with Gasteiger partial charge in [-0.1, -0.05) is 0 Å². The van der Waals surface area contributed by atoms with Gasteiger partial charge in [0.15, 0.2) is 0 Å². The Morgan fingerprint density at radius 1 is 0.966 bits per heavy atom. The minimum Gasteiger partial charge on any atom is -0.497 e. The third-order valence-corrected chi connectivity index (χ3v) is 6.67. The lowest BCUT2D eigenvalue weighted by Gasteiger charge is -2.37. The maximum atomic E-state index is 13.3. The fourth-order valence-electron chi connectivity index (χ4n) is 4.53. The number of piperidine rings is 1. The number of benzene rings is 1. The Labute approximate surface area is 173 Å². The van der Waals surface area contributed by atoms with E-state index in [1.54, 1.807) is 32.4 Å². The zero-order chi connectivity index (χ0) is 20.5. The standard InChI is InChI=1S/C23H32N2O4/c1-15(16-4-5-16)25(19-6-7-19)23(27)17-8-10-24(11-9-17)22(26)18-12-20(28-2)14-21(13-18)29-3/h12-17,19H,4-11H2,1-3H3/t15-/m1/s1. The second kappa shape index (κ2) is 8.25. The number of amides is 2. The Kier molecular flexibility index (Phi) is 5.70. The summed E-state index contributed by atoms with van der Waals surface area (Å²) in [6.45, 7) is 3.46. The van der Waals surface area contributed by atoms with Crippen LogP contribution in [-0.4, -0.2) is 61.0 Å². The van der Waals surface area contributed by atoms with Gasteiger partial charge < -0.3 is 19.3 Å². The summed E-state index contributed by atoms with van der Waals surface area (Å²) >= 11 is 0. The predicted molar refractivity (Wildman–Crippen MR) is 110 cm³/mol. The highest BCUT2D eigenvalue weighted by Crippen LogP contribution is 2.41. The molecule has 0 bridgehead atoms. The van der Waals surface area contributed by atoms with Crippen LogP contribution >= 0.6 is 0 Å². The van der Waals surface area contributed by atoms with Gasteiger partial charge in [-0.05, 0) is 63.5 Å². The normalized spacial score (nSPS) is 20.9. The van der Waals surface area contributed by atoms with Crippen LogP contribution in [0.15, 0.2) is 18.2 Å². The maximum absolute atomic E-state index is 13.3. The van der Waals surface area contributed by atoms with Crippen molar-refractivity contribution >= 4 is 11.8 Å². The molecular weight excluding hydrogens is 368 g/mol. The van der Waals surface area contributed by atoms with E-state index in [9.17, 15) is 9.59 Å². The van der Waals surface area contributed by atoms with E-state index < -0.39 is 0 Å². The Hall–Kier alpha value is -2.24.